The maximum Gasteiger partial charge on any atom is 0.213 e. The molecule has 1 aliphatic heterocycles. The Bertz CT molecular complexity index is 805. The lowest BCUT2D eigenvalue weighted by Gasteiger charge is -2.30. The van der Waals surface area contributed by atoms with Crippen LogP contribution in [0.2, 0.25) is 0 Å². The number of nitrogens with one attached hydrogen (secondary N) is 2. The monoisotopic (exact) mass is 397 g/mol. The second kappa shape index (κ2) is 10.7. The van der Waals surface area contributed by atoms with Crippen molar-refractivity contribution in [3.8, 4) is 11.6 Å². The van der Waals surface area contributed by atoms with Crippen LogP contribution in [0.15, 0.2) is 47.5 Å². The second-order valence-corrected chi connectivity index (χ2v) is 6.98. The normalized spacial score (nSPS) is 15.8. The highest BCUT2D eigenvalue weighted by Crippen LogP contribution is 2.31. The van der Waals surface area contributed by atoms with Gasteiger partial charge >= 0.3 is 0 Å². The van der Waals surface area contributed by atoms with E-state index < -0.39 is 0 Å². The van der Waals surface area contributed by atoms with Crippen molar-refractivity contribution in [1.29, 1.82) is 0 Å². The van der Waals surface area contributed by atoms with Gasteiger partial charge in [-0.1, -0.05) is 24.3 Å². The van der Waals surface area contributed by atoms with E-state index in [-0.39, 0.29) is 6.04 Å². The third-order valence-corrected chi connectivity index (χ3v) is 5.19. The number of aliphatic imine (C=N–C) groups is 1. The molecule has 0 bridgehead atoms. The molecule has 156 valence electrons. The molecule has 1 fully saturated rings. The van der Waals surface area contributed by atoms with E-state index in [0.717, 1.165) is 37.0 Å². The van der Waals surface area contributed by atoms with Crippen LogP contribution >= 0.6 is 0 Å². The molecule has 1 aliphatic rings. The second-order valence-electron chi connectivity index (χ2n) is 6.98. The third kappa shape index (κ3) is 5.60. The van der Waals surface area contributed by atoms with Gasteiger partial charge in [0.05, 0.1) is 32.5 Å². The van der Waals surface area contributed by atoms with E-state index in [1.807, 2.05) is 30.3 Å². The predicted molar refractivity (Wildman–Crippen MR) is 116 cm³/mol. The topological polar surface area (TPSA) is 71.0 Å². The highest BCUT2D eigenvalue weighted by molar-refractivity contribution is 5.79. The van der Waals surface area contributed by atoms with E-state index in [4.69, 9.17) is 9.47 Å². The van der Waals surface area contributed by atoms with Gasteiger partial charge in [-0.3, -0.25) is 9.89 Å². The van der Waals surface area contributed by atoms with Crippen LogP contribution in [-0.2, 0) is 6.54 Å². The Morgan fingerprint density at radius 2 is 1.86 bits per heavy atom. The minimum Gasteiger partial charge on any atom is -0.496 e. The molecule has 0 spiro atoms. The Kier molecular flexibility index (Phi) is 7.69. The minimum atomic E-state index is 0.224. The molecular weight excluding hydrogens is 366 g/mol. The Morgan fingerprint density at radius 1 is 1.07 bits per heavy atom. The molecule has 29 heavy (non-hydrogen) atoms. The van der Waals surface area contributed by atoms with Crippen molar-refractivity contribution in [3.63, 3.8) is 0 Å². The largest absolute Gasteiger partial charge is 0.496 e. The number of hydrogen-bond donors (Lipinski definition) is 2. The summed E-state index contributed by atoms with van der Waals surface area (Å²) >= 11 is 0. The van der Waals surface area contributed by atoms with Gasteiger partial charge in [-0.05, 0) is 38.1 Å². The molecular formula is C22H31N5O2. The van der Waals surface area contributed by atoms with Crippen LogP contribution in [0.5, 0.6) is 11.6 Å². The van der Waals surface area contributed by atoms with Crippen molar-refractivity contribution < 1.29 is 9.47 Å². The van der Waals surface area contributed by atoms with Gasteiger partial charge in [-0.2, -0.15) is 0 Å². The zero-order chi connectivity index (χ0) is 20.5. The number of benzene rings is 1. The Morgan fingerprint density at radius 3 is 2.59 bits per heavy atom. The lowest BCUT2D eigenvalue weighted by atomic mass is 10.0. The molecule has 1 aromatic carbocycles. The van der Waals surface area contributed by atoms with Crippen LogP contribution in [-0.4, -0.2) is 56.7 Å². The van der Waals surface area contributed by atoms with Crippen molar-refractivity contribution in [1.82, 2.24) is 20.5 Å². The fourth-order valence-electron chi connectivity index (χ4n) is 3.69. The number of hydrogen-bond acceptors (Lipinski definition) is 5. The molecule has 7 nitrogen and oxygen atoms in total. The molecule has 7 heteroatoms. The van der Waals surface area contributed by atoms with E-state index in [2.05, 4.69) is 37.6 Å². The number of aromatic nitrogens is 1. The fourth-order valence-corrected chi connectivity index (χ4v) is 3.69. The van der Waals surface area contributed by atoms with Crippen molar-refractivity contribution in [2.24, 2.45) is 4.99 Å². The number of likely N-dealkylation sites (tertiary alicyclic amines) is 1. The molecule has 1 aromatic heterocycles. The molecule has 1 atom stereocenters. The average molecular weight is 398 g/mol. The van der Waals surface area contributed by atoms with E-state index >= 15 is 0 Å². The summed E-state index contributed by atoms with van der Waals surface area (Å²) in [6.45, 7) is 3.51. The highest BCUT2D eigenvalue weighted by atomic mass is 16.5. The molecule has 2 aromatic rings. The smallest absolute Gasteiger partial charge is 0.213 e. The molecule has 1 unspecified atom stereocenters. The van der Waals surface area contributed by atoms with E-state index in [1.165, 1.54) is 18.4 Å². The number of pyridine rings is 1. The first-order valence-electron chi connectivity index (χ1n) is 10.1. The number of rotatable bonds is 8. The molecule has 0 amide bonds. The number of nitrogens with zero attached hydrogens (tertiary/aromatic N) is 3. The first-order valence-corrected chi connectivity index (χ1v) is 10.1. The molecule has 2 N–H and O–H groups in total. The Labute approximate surface area is 173 Å². The van der Waals surface area contributed by atoms with Crippen LogP contribution in [0.4, 0.5) is 0 Å². The van der Waals surface area contributed by atoms with Gasteiger partial charge in [0.25, 0.3) is 0 Å². The SMILES string of the molecule is CN=C(NCc1cccc(OC)n1)NCC(c1ccccc1OC)N1CCCC1. The predicted octanol–water partition coefficient (Wildman–Crippen LogP) is 2.60. The van der Waals surface area contributed by atoms with Crippen LogP contribution in [0.1, 0.15) is 30.1 Å². The number of methoxy groups -OCH3 is 2. The van der Waals surface area contributed by atoms with Crippen LogP contribution in [0.3, 0.4) is 0 Å². The van der Waals surface area contributed by atoms with Crippen molar-refractivity contribution >= 4 is 5.96 Å². The first kappa shape index (κ1) is 20.9. The van der Waals surface area contributed by atoms with Gasteiger partial charge in [-0.25, -0.2) is 4.98 Å². The van der Waals surface area contributed by atoms with E-state index in [0.29, 0.717) is 12.4 Å². The van der Waals surface area contributed by atoms with Crippen LogP contribution in [0.25, 0.3) is 0 Å². The van der Waals surface area contributed by atoms with E-state index in [1.54, 1.807) is 21.3 Å². The quantitative estimate of drug-likeness (QED) is 0.527. The number of para-hydroxylation sites is 1. The first-order chi connectivity index (χ1) is 14.2. The summed E-state index contributed by atoms with van der Waals surface area (Å²) in [4.78, 5) is 11.3. The third-order valence-electron chi connectivity index (χ3n) is 5.19. The molecule has 2 heterocycles. The summed E-state index contributed by atoms with van der Waals surface area (Å²) in [5, 5.41) is 6.81. The number of guanidine groups is 1. The Balaban J connectivity index is 1.65. The highest BCUT2D eigenvalue weighted by Gasteiger charge is 2.26. The lowest BCUT2D eigenvalue weighted by Crippen LogP contribution is -2.42. The van der Waals surface area contributed by atoms with Gasteiger partial charge in [0.2, 0.25) is 5.88 Å². The van der Waals surface area contributed by atoms with Gasteiger partial charge in [0.15, 0.2) is 5.96 Å². The van der Waals surface area contributed by atoms with Crippen LogP contribution < -0.4 is 20.1 Å². The molecule has 0 radical (unpaired) electrons. The molecule has 1 saturated heterocycles. The van der Waals surface area contributed by atoms with Crippen molar-refractivity contribution in [2.75, 3.05) is 40.9 Å². The van der Waals surface area contributed by atoms with E-state index in [9.17, 15) is 0 Å². The minimum absolute atomic E-state index is 0.224. The standard InChI is InChI=1S/C22H31N5O2/c1-23-22(24-15-17-9-8-12-21(26-17)29-3)25-16-19(27-13-6-7-14-27)18-10-4-5-11-20(18)28-2/h4-5,8-12,19H,6-7,13-16H2,1-3H3,(H2,23,24,25). The summed E-state index contributed by atoms with van der Waals surface area (Å²) < 4.78 is 10.8. The van der Waals surface area contributed by atoms with Gasteiger partial charge < -0.3 is 20.1 Å². The fraction of sp³-hybridized carbons (Fsp3) is 0.455. The van der Waals surface area contributed by atoms with Gasteiger partial charge in [0.1, 0.15) is 5.75 Å². The summed E-state index contributed by atoms with van der Waals surface area (Å²) in [6, 6.07) is 14.2. The molecule has 0 aliphatic carbocycles. The van der Waals surface area contributed by atoms with Crippen molar-refractivity contribution in [2.45, 2.75) is 25.4 Å². The average Bonchev–Trinajstić information content (AvgIpc) is 3.31. The summed E-state index contributed by atoms with van der Waals surface area (Å²) in [5.41, 5.74) is 2.10. The lowest BCUT2D eigenvalue weighted by molar-refractivity contribution is 0.239. The summed E-state index contributed by atoms with van der Waals surface area (Å²) in [7, 11) is 5.13. The zero-order valence-electron chi connectivity index (χ0n) is 17.5. The molecule has 3 rings (SSSR count). The zero-order valence-corrected chi connectivity index (χ0v) is 17.5. The van der Waals surface area contributed by atoms with Gasteiger partial charge in [-0.15, -0.1) is 0 Å². The number of ether oxygens (including phenoxy) is 2. The summed E-state index contributed by atoms with van der Waals surface area (Å²) in [6.07, 6.45) is 2.47. The van der Waals surface area contributed by atoms with Gasteiger partial charge in [0, 0.05) is 25.2 Å². The van der Waals surface area contributed by atoms with Crippen molar-refractivity contribution in [3.05, 3.63) is 53.7 Å². The maximum absolute atomic E-state index is 5.63. The van der Waals surface area contributed by atoms with Crippen LogP contribution in [0, 0.1) is 0 Å². The Hall–Kier alpha value is -2.80. The summed E-state index contributed by atoms with van der Waals surface area (Å²) in [5.74, 6) is 2.28. The maximum atomic E-state index is 5.63. The molecule has 0 saturated carbocycles.